The highest BCUT2D eigenvalue weighted by Gasteiger charge is 2.42. The molecule has 0 spiro atoms. The number of benzene rings is 4. The van der Waals surface area contributed by atoms with E-state index in [1.54, 1.807) is 0 Å². The smallest absolute Gasteiger partial charge is 0.260 e. The molecule has 0 aliphatic carbocycles. The summed E-state index contributed by atoms with van der Waals surface area (Å²) in [6.07, 6.45) is 4.29. The SMILES string of the molecule is C/C=C\C(=C(C)C)c1cc(-c2ccccc2C)c2c3c1Oc1ccccc1B3c1ccccc1O2. The lowest BCUT2D eigenvalue weighted by molar-refractivity contribution is 0.464. The average Bonchev–Trinajstić information content (AvgIpc) is 2.88. The Labute approximate surface area is 207 Å². The van der Waals surface area contributed by atoms with Gasteiger partial charge in [0.25, 0.3) is 6.71 Å². The van der Waals surface area contributed by atoms with Crippen LogP contribution < -0.4 is 25.9 Å². The fourth-order valence-corrected chi connectivity index (χ4v) is 5.44. The largest absolute Gasteiger partial charge is 0.458 e. The Balaban J connectivity index is 1.77. The van der Waals surface area contributed by atoms with Crippen molar-refractivity contribution >= 4 is 28.7 Å². The van der Waals surface area contributed by atoms with Gasteiger partial charge in [-0.1, -0.05) is 78.4 Å². The van der Waals surface area contributed by atoms with Crippen LogP contribution in [0.5, 0.6) is 23.0 Å². The van der Waals surface area contributed by atoms with Crippen molar-refractivity contribution in [3.8, 4) is 34.1 Å². The predicted octanol–water partition coefficient (Wildman–Crippen LogP) is 6.76. The van der Waals surface area contributed by atoms with E-state index < -0.39 is 0 Å². The quantitative estimate of drug-likeness (QED) is 0.217. The molecule has 0 bridgehead atoms. The normalized spacial score (nSPS) is 12.9. The Morgan fingerprint density at radius 2 is 1.34 bits per heavy atom. The van der Waals surface area contributed by atoms with Crippen molar-refractivity contribution in [3.63, 3.8) is 0 Å². The van der Waals surface area contributed by atoms with Crippen molar-refractivity contribution in [1.82, 2.24) is 0 Å². The number of rotatable bonds is 3. The number of aryl methyl sites for hydroxylation is 1. The molecule has 2 aliphatic heterocycles. The molecule has 0 unspecified atom stereocenters. The minimum atomic E-state index is 0.0432. The van der Waals surface area contributed by atoms with Gasteiger partial charge in [0.2, 0.25) is 0 Å². The van der Waals surface area contributed by atoms with E-state index in [9.17, 15) is 0 Å². The summed E-state index contributed by atoms with van der Waals surface area (Å²) in [7, 11) is 0. The van der Waals surface area contributed by atoms with Gasteiger partial charge in [-0.3, -0.25) is 0 Å². The summed E-state index contributed by atoms with van der Waals surface area (Å²) >= 11 is 0. The number of allylic oxidation sites excluding steroid dienone is 4. The van der Waals surface area contributed by atoms with Gasteiger partial charge in [0.1, 0.15) is 23.0 Å². The van der Waals surface area contributed by atoms with E-state index in [-0.39, 0.29) is 6.71 Å². The molecule has 0 amide bonds. The molecule has 6 rings (SSSR count). The number of hydrogen-bond acceptors (Lipinski definition) is 2. The summed E-state index contributed by atoms with van der Waals surface area (Å²) in [5, 5.41) is 0. The Morgan fingerprint density at radius 1 is 0.743 bits per heavy atom. The maximum Gasteiger partial charge on any atom is 0.260 e. The molecular formula is C32H27BO2. The first-order chi connectivity index (χ1) is 17.1. The molecular weight excluding hydrogens is 427 g/mol. The zero-order valence-corrected chi connectivity index (χ0v) is 20.6. The topological polar surface area (TPSA) is 18.5 Å². The molecule has 0 saturated heterocycles. The lowest BCUT2D eigenvalue weighted by Crippen LogP contribution is -2.57. The van der Waals surface area contributed by atoms with Gasteiger partial charge in [-0.25, -0.2) is 0 Å². The second-order valence-electron chi connectivity index (χ2n) is 9.48. The molecule has 0 N–H and O–H groups in total. The zero-order valence-electron chi connectivity index (χ0n) is 20.6. The third-order valence-electron chi connectivity index (χ3n) is 7.04. The fraction of sp³-hybridized carbons (Fsp3) is 0.125. The van der Waals surface area contributed by atoms with Gasteiger partial charge < -0.3 is 9.47 Å². The van der Waals surface area contributed by atoms with Gasteiger partial charge in [0.15, 0.2) is 0 Å². The van der Waals surface area contributed by atoms with E-state index in [1.165, 1.54) is 33.2 Å². The molecule has 2 nitrogen and oxygen atoms in total. The summed E-state index contributed by atoms with van der Waals surface area (Å²) in [4.78, 5) is 0. The number of fused-ring (bicyclic) bond motifs is 4. The third kappa shape index (κ3) is 3.34. The van der Waals surface area contributed by atoms with Crippen molar-refractivity contribution in [2.75, 3.05) is 0 Å². The van der Waals surface area contributed by atoms with Gasteiger partial charge in [-0.15, -0.1) is 0 Å². The highest BCUT2D eigenvalue weighted by molar-refractivity contribution is 6.98. The van der Waals surface area contributed by atoms with Crippen molar-refractivity contribution in [2.24, 2.45) is 0 Å². The van der Waals surface area contributed by atoms with Gasteiger partial charge >= 0.3 is 0 Å². The van der Waals surface area contributed by atoms with Crippen LogP contribution in [0, 0.1) is 6.92 Å². The van der Waals surface area contributed by atoms with Crippen molar-refractivity contribution in [2.45, 2.75) is 27.7 Å². The van der Waals surface area contributed by atoms with Crippen LogP contribution >= 0.6 is 0 Å². The summed E-state index contributed by atoms with van der Waals surface area (Å²) in [5.74, 6) is 3.60. The highest BCUT2D eigenvalue weighted by atomic mass is 16.5. The number of hydrogen-bond donors (Lipinski definition) is 0. The van der Waals surface area contributed by atoms with Crippen LogP contribution in [0.3, 0.4) is 0 Å². The first kappa shape index (κ1) is 21.6. The van der Waals surface area contributed by atoms with Crippen LogP contribution in [0.15, 0.2) is 96.6 Å². The van der Waals surface area contributed by atoms with Crippen molar-refractivity contribution in [3.05, 3.63) is 108 Å². The first-order valence-electron chi connectivity index (χ1n) is 12.2. The number of ether oxygens (including phenoxy) is 2. The molecule has 2 aliphatic rings. The van der Waals surface area contributed by atoms with Gasteiger partial charge in [-0.05, 0) is 73.5 Å². The van der Waals surface area contributed by atoms with E-state index in [4.69, 9.17) is 9.47 Å². The van der Waals surface area contributed by atoms with Crippen molar-refractivity contribution < 1.29 is 9.47 Å². The number of para-hydroxylation sites is 2. The van der Waals surface area contributed by atoms with E-state index in [1.807, 2.05) is 12.1 Å². The average molecular weight is 454 g/mol. The molecule has 0 aromatic heterocycles. The second-order valence-corrected chi connectivity index (χ2v) is 9.48. The minimum absolute atomic E-state index is 0.0432. The molecule has 4 aromatic rings. The summed E-state index contributed by atoms with van der Waals surface area (Å²) in [6, 6.07) is 27.6. The van der Waals surface area contributed by atoms with Crippen LogP contribution in [0.25, 0.3) is 16.7 Å². The minimum Gasteiger partial charge on any atom is -0.458 e. The standard InChI is InChI=1S/C32H27BO2/c1-5-12-22(20(2)3)24-19-25(23-14-7-6-13-21(23)4)32-30-31(24)34-28-17-10-8-15-26(28)33(30)27-16-9-11-18-29(27)35-32/h5-19H,1-4H3/b12-5-. The summed E-state index contributed by atoms with van der Waals surface area (Å²) < 4.78 is 13.4. The maximum atomic E-state index is 6.72. The molecule has 0 saturated carbocycles. The Morgan fingerprint density at radius 3 is 1.97 bits per heavy atom. The first-order valence-corrected chi connectivity index (χ1v) is 12.2. The monoisotopic (exact) mass is 454 g/mol. The molecule has 0 atom stereocenters. The second kappa shape index (κ2) is 8.35. The molecule has 35 heavy (non-hydrogen) atoms. The van der Waals surface area contributed by atoms with Crippen LogP contribution in [-0.2, 0) is 0 Å². The molecule has 0 radical (unpaired) electrons. The van der Waals surface area contributed by atoms with Gasteiger partial charge in [0, 0.05) is 16.6 Å². The van der Waals surface area contributed by atoms with Crippen LogP contribution in [-0.4, -0.2) is 6.71 Å². The zero-order chi connectivity index (χ0) is 24.1. The molecule has 4 aromatic carbocycles. The lowest BCUT2D eigenvalue weighted by atomic mass is 9.34. The molecule has 3 heteroatoms. The Kier molecular flexibility index (Phi) is 5.14. The van der Waals surface area contributed by atoms with E-state index in [0.717, 1.165) is 39.6 Å². The Hall–Kier alpha value is -3.98. The highest BCUT2D eigenvalue weighted by Crippen LogP contribution is 2.45. The van der Waals surface area contributed by atoms with Gasteiger partial charge in [-0.2, -0.15) is 0 Å². The summed E-state index contributed by atoms with van der Waals surface area (Å²) in [6.45, 7) is 8.59. The van der Waals surface area contributed by atoms with E-state index in [2.05, 4.69) is 107 Å². The van der Waals surface area contributed by atoms with Crippen molar-refractivity contribution in [1.29, 1.82) is 0 Å². The summed E-state index contributed by atoms with van der Waals surface area (Å²) in [5.41, 5.74) is 10.5. The molecule has 2 heterocycles. The Bertz CT molecular complexity index is 1530. The molecule has 170 valence electrons. The molecule has 0 fully saturated rings. The lowest BCUT2D eigenvalue weighted by Gasteiger charge is -2.35. The fourth-order valence-electron chi connectivity index (χ4n) is 5.44. The van der Waals surface area contributed by atoms with Crippen LogP contribution in [0.1, 0.15) is 31.9 Å². The predicted molar refractivity (Wildman–Crippen MR) is 147 cm³/mol. The van der Waals surface area contributed by atoms with E-state index in [0.29, 0.717) is 0 Å². The van der Waals surface area contributed by atoms with Crippen LogP contribution in [0.4, 0.5) is 0 Å². The third-order valence-corrected chi connectivity index (χ3v) is 7.04. The van der Waals surface area contributed by atoms with E-state index >= 15 is 0 Å². The maximum absolute atomic E-state index is 6.72. The van der Waals surface area contributed by atoms with Gasteiger partial charge in [0.05, 0.1) is 0 Å². The van der Waals surface area contributed by atoms with Crippen LogP contribution in [0.2, 0.25) is 0 Å².